The second-order valence-electron chi connectivity index (χ2n) is 4.25. The van der Waals surface area contributed by atoms with E-state index in [1.165, 1.54) is 6.07 Å². The van der Waals surface area contributed by atoms with Crippen molar-refractivity contribution in [3.05, 3.63) is 35.1 Å². The third kappa shape index (κ3) is 4.07. The fourth-order valence-electron chi connectivity index (χ4n) is 1.55. The molecule has 0 saturated heterocycles. The average Bonchev–Trinajstić information content (AvgIpc) is 2.33. The van der Waals surface area contributed by atoms with Crippen molar-refractivity contribution in [1.29, 1.82) is 0 Å². The zero-order valence-corrected chi connectivity index (χ0v) is 10.7. The van der Waals surface area contributed by atoms with Crippen LogP contribution in [-0.2, 0) is 4.74 Å². The summed E-state index contributed by atoms with van der Waals surface area (Å²) in [4.78, 5) is 0. The summed E-state index contributed by atoms with van der Waals surface area (Å²) < 4.78 is 18.6. The molecule has 0 aliphatic heterocycles. The fraction of sp³-hybridized carbons (Fsp3) is 0.538. The van der Waals surface area contributed by atoms with Crippen LogP contribution in [-0.4, -0.2) is 26.3 Å². The Morgan fingerprint density at radius 2 is 2.18 bits per heavy atom. The van der Waals surface area contributed by atoms with Crippen molar-refractivity contribution in [3.8, 4) is 0 Å². The molecule has 0 aliphatic carbocycles. The standard InChI is InChI=1S/C13H21FN2O/c1-9-4-5-11(6-12(9)14)13(7-15)16-8-10(2)17-3/h4-6,10,13,16H,7-8,15H2,1-3H3. The third-order valence-corrected chi connectivity index (χ3v) is 2.89. The van der Waals surface area contributed by atoms with Gasteiger partial charge in [0.15, 0.2) is 0 Å². The molecule has 4 heteroatoms. The maximum Gasteiger partial charge on any atom is 0.126 e. The number of hydrogen-bond acceptors (Lipinski definition) is 3. The Hall–Kier alpha value is -0.970. The van der Waals surface area contributed by atoms with E-state index in [1.807, 2.05) is 13.0 Å². The number of nitrogens with two attached hydrogens (primary N) is 1. The van der Waals surface area contributed by atoms with Gasteiger partial charge in [-0.1, -0.05) is 12.1 Å². The molecule has 0 saturated carbocycles. The van der Waals surface area contributed by atoms with Crippen LogP contribution in [0.4, 0.5) is 4.39 Å². The van der Waals surface area contributed by atoms with Gasteiger partial charge in [-0.05, 0) is 31.0 Å². The van der Waals surface area contributed by atoms with E-state index in [-0.39, 0.29) is 18.0 Å². The summed E-state index contributed by atoms with van der Waals surface area (Å²) >= 11 is 0. The van der Waals surface area contributed by atoms with Crippen LogP contribution in [0, 0.1) is 12.7 Å². The van der Waals surface area contributed by atoms with Gasteiger partial charge in [0.1, 0.15) is 5.82 Å². The molecule has 0 bridgehead atoms. The van der Waals surface area contributed by atoms with Gasteiger partial charge in [-0.3, -0.25) is 0 Å². The highest BCUT2D eigenvalue weighted by Gasteiger charge is 2.12. The number of halogens is 1. The fourth-order valence-corrected chi connectivity index (χ4v) is 1.55. The van der Waals surface area contributed by atoms with E-state index in [1.54, 1.807) is 20.1 Å². The van der Waals surface area contributed by atoms with Crippen LogP contribution in [0.15, 0.2) is 18.2 Å². The van der Waals surface area contributed by atoms with Gasteiger partial charge in [-0.25, -0.2) is 4.39 Å². The molecular weight excluding hydrogens is 219 g/mol. The van der Waals surface area contributed by atoms with E-state index in [0.29, 0.717) is 18.7 Å². The molecule has 3 N–H and O–H groups in total. The maximum absolute atomic E-state index is 13.4. The first kappa shape index (κ1) is 14.1. The largest absolute Gasteiger partial charge is 0.380 e. The van der Waals surface area contributed by atoms with E-state index in [4.69, 9.17) is 10.5 Å². The summed E-state index contributed by atoms with van der Waals surface area (Å²) in [6.07, 6.45) is 0.111. The van der Waals surface area contributed by atoms with Crippen molar-refractivity contribution in [2.45, 2.75) is 26.0 Å². The van der Waals surface area contributed by atoms with E-state index in [2.05, 4.69) is 5.32 Å². The highest BCUT2D eigenvalue weighted by molar-refractivity contribution is 5.26. The molecule has 17 heavy (non-hydrogen) atoms. The molecule has 0 amide bonds. The van der Waals surface area contributed by atoms with Crippen molar-refractivity contribution in [1.82, 2.24) is 5.32 Å². The Balaban J connectivity index is 2.69. The van der Waals surface area contributed by atoms with Gasteiger partial charge < -0.3 is 15.8 Å². The number of methoxy groups -OCH3 is 1. The van der Waals surface area contributed by atoms with Gasteiger partial charge in [0.2, 0.25) is 0 Å². The highest BCUT2D eigenvalue weighted by atomic mass is 19.1. The molecule has 0 fully saturated rings. The summed E-state index contributed by atoms with van der Waals surface area (Å²) in [6.45, 7) is 4.83. The first-order valence-electron chi connectivity index (χ1n) is 5.80. The molecular formula is C13H21FN2O. The lowest BCUT2D eigenvalue weighted by Gasteiger charge is -2.20. The Bertz CT molecular complexity index is 357. The van der Waals surface area contributed by atoms with Crippen molar-refractivity contribution in [2.75, 3.05) is 20.2 Å². The second-order valence-corrected chi connectivity index (χ2v) is 4.25. The number of hydrogen-bond donors (Lipinski definition) is 2. The van der Waals surface area contributed by atoms with Crippen LogP contribution < -0.4 is 11.1 Å². The van der Waals surface area contributed by atoms with Gasteiger partial charge >= 0.3 is 0 Å². The van der Waals surface area contributed by atoms with Crippen LogP contribution in [0.25, 0.3) is 0 Å². The van der Waals surface area contributed by atoms with Crippen LogP contribution in [0.5, 0.6) is 0 Å². The van der Waals surface area contributed by atoms with Crippen molar-refractivity contribution in [2.24, 2.45) is 5.73 Å². The first-order valence-corrected chi connectivity index (χ1v) is 5.80. The predicted molar refractivity (Wildman–Crippen MR) is 67.4 cm³/mol. The Morgan fingerprint density at radius 1 is 1.47 bits per heavy atom. The predicted octanol–water partition coefficient (Wildman–Crippen LogP) is 1.76. The molecule has 1 aromatic rings. The first-order chi connectivity index (χ1) is 8.08. The molecule has 1 rings (SSSR count). The lowest BCUT2D eigenvalue weighted by Crippen LogP contribution is -2.34. The number of benzene rings is 1. The minimum absolute atomic E-state index is 0.0392. The van der Waals surface area contributed by atoms with E-state index in [0.717, 1.165) is 5.56 Å². The van der Waals surface area contributed by atoms with Gasteiger partial charge in [-0.15, -0.1) is 0 Å². The molecule has 3 nitrogen and oxygen atoms in total. The zero-order valence-electron chi connectivity index (χ0n) is 10.7. The lowest BCUT2D eigenvalue weighted by atomic mass is 10.0. The minimum atomic E-state index is -0.192. The summed E-state index contributed by atoms with van der Waals surface area (Å²) in [5.74, 6) is -0.192. The lowest BCUT2D eigenvalue weighted by molar-refractivity contribution is 0.114. The number of ether oxygens (including phenoxy) is 1. The topological polar surface area (TPSA) is 47.3 Å². The molecule has 2 atom stereocenters. The highest BCUT2D eigenvalue weighted by Crippen LogP contribution is 2.16. The average molecular weight is 240 g/mol. The number of aryl methyl sites for hydroxylation is 1. The minimum Gasteiger partial charge on any atom is -0.380 e. The second kappa shape index (κ2) is 6.69. The molecule has 0 aliphatic rings. The smallest absolute Gasteiger partial charge is 0.126 e. The van der Waals surface area contributed by atoms with Crippen molar-refractivity contribution in [3.63, 3.8) is 0 Å². The van der Waals surface area contributed by atoms with Gasteiger partial charge in [0.05, 0.1) is 6.10 Å². The van der Waals surface area contributed by atoms with Crippen LogP contribution in [0.2, 0.25) is 0 Å². The summed E-state index contributed by atoms with van der Waals surface area (Å²) in [7, 11) is 1.66. The monoisotopic (exact) mass is 240 g/mol. The van der Waals surface area contributed by atoms with E-state index in [9.17, 15) is 4.39 Å². The van der Waals surface area contributed by atoms with Crippen LogP contribution in [0.1, 0.15) is 24.1 Å². The van der Waals surface area contributed by atoms with Crippen LogP contribution >= 0.6 is 0 Å². The zero-order chi connectivity index (χ0) is 12.8. The molecule has 0 spiro atoms. The normalized spacial score (nSPS) is 14.6. The summed E-state index contributed by atoms with van der Waals surface area (Å²) in [5, 5.41) is 3.27. The molecule has 1 aromatic carbocycles. The van der Waals surface area contributed by atoms with Gasteiger partial charge in [0, 0.05) is 26.2 Å². The number of nitrogens with one attached hydrogen (secondary N) is 1. The molecule has 0 aromatic heterocycles. The van der Waals surface area contributed by atoms with Crippen LogP contribution in [0.3, 0.4) is 0 Å². The molecule has 0 radical (unpaired) electrons. The SMILES string of the molecule is COC(C)CNC(CN)c1ccc(C)c(F)c1. The summed E-state index contributed by atoms with van der Waals surface area (Å²) in [6, 6.07) is 5.18. The Kier molecular flexibility index (Phi) is 5.55. The molecule has 2 unspecified atom stereocenters. The van der Waals surface area contributed by atoms with E-state index < -0.39 is 0 Å². The molecule has 0 heterocycles. The quantitative estimate of drug-likeness (QED) is 0.796. The van der Waals surface area contributed by atoms with Gasteiger partial charge in [0.25, 0.3) is 0 Å². The van der Waals surface area contributed by atoms with Crippen molar-refractivity contribution < 1.29 is 9.13 Å². The number of rotatable bonds is 6. The Morgan fingerprint density at radius 3 is 2.71 bits per heavy atom. The Labute approximate surface area is 102 Å². The van der Waals surface area contributed by atoms with Crippen molar-refractivity contribution >= 4 is 0 Å². The molecule has 96 valence electrons. The maximum atomic E-state index is 13.4. The van der Waals surface area contributed by atoms with E-state index >= 15 is 0 Å². The van der Waals surface area contributed by atoms with Gasteiger partial charge in [-0.2, -0.15) is 0 Å². The summed E-state index contributed by atoms with van der Waals surface area (Å²) in [5.41, 5.74) is 7.22. The third-order valence-electron chi connectivity index (χ3n) is 2.89.